The van der Waals surface area contributed by atoms with Gasteiger partial charge in [0.05, 0.1) is 13.2 Å². The van der Waals surface area contributed by atoms with Gasteiger partial charge in [-0.25, -0.2) is 4.79 Å². The molecule has 0 aromatic rings. The monoisotopic (exact) mass is 283 g/mol. The molecule has 1 amide bonds. The topological polar surface area (TPSA) is 81.7 Å². The van der Waals surface area contributed by atoms with Gasteiger partial charge in [-0.05, 0) is 38.2 Å². The van der Waals surface area contributed by atoms with Crippen LogP contribution in [0.25, 0.3) is 0 Å². The van der Waals surface area contributed by atoms with Gasteiger partial charge in [-0.1, -0.05) is 6.08 Å². The number of nitrogens with one attached hydrogen (secondary N) is 1. The zero-order valence-corrected chi connectivity index (χ0v) is 11.8. The maximum atomic E-state index is 11.4. The number of carbonyl (C=O) groups excluding carboxylic acids is 3. The lowest BCUT2D eigenvalue weighted by atomic mass is 10.0. The summed E-state index contributed by atoms with van der Waals surface area (Å²) < 4.78 is 9.63. The highest BCUT2D eigenvalue weighted by atomic mass is 16.5. The third kappa shape index (κ3) is 6.92. The Balaban J connectivity index is 2.14. The minimum Gasteiger partial charge on any atom is -0.466 e. The van der Waals surface area contributed by atoms with Crippen molar-refractivity contribution in [3.8, 4) is 0 Å². The van der Waals surface area contributed by atoms with Gasteiger partial charge >= 0.3 is 12.1 Å². The van der Waals surface area contributed by atoms with E-state index in [0.29, 0.717) is 0 Å². The molecule has 1 rings (SSSR count). The van der Waals surface area contributed by atoms with Gasteiger partial charge in [-0.15, -0.1) is 0 Å². The first-order valence-electron chi connectivity index (χ1n) is 6.87. The number of allylic oxidation sites excluding steroid dienone is 1. The van der Waals surface area contributed by atoms with E-state index in [2.05, 4.69) is 16.1 Å². The molecule has 0 atom stereocenters. The van der Waals surface area contributed by atoms with Crippen molar-refractivity contribution in [1.82, 2.24) is 5.32 Å². The highest BCUT2D eigenvalue weighted by Crippen LogP contribution is 2.17. The summed E-state index contributed by atoms with van der Waals surface area (Å²) in [7, 11) is 0. The van der Waals surface area contributed by atoms with E-state index in [0.717, 1.165) is 24.8 Å². The van der Waals surface area contributed by atoms with Crippen LogP contribution in [0.5, 0.6) is 0 Å². The van der Waals surface area contributed by atoms with Crippen LogP contribution in [0, 0.1) is 0 Å². The molecule has 1 aliphatic carbocycles. The molecular formula is C14H21NO5. The summed E-state index contributed by atoms with van der Waals surface area (Å²) in [5.41, 5.74) is 1.12. The molecule has 20 heavy (non-hydrogen) atoms. The van der Waals surface area contributed by atoms with Crippen LogP contribution in [-0.4, -0.2) is 37.6 Å². The molecule has 6 nitrogen and oxygen atoms in total. The first kappa shape index (κ1) is 16.2. The third-order valence-electron chi connectivity index (χ3n) is 2.85. The Kier molecular flexibility index (Phi) is 7.39. The van der Waals surface area contributed by atoms with Crippen LogP contribution < -0.4 is 5.32 Å². The molecule has 0 spiro atoms. The van der Waals surface area contributed by atoms with Crippen LogP contribution in [0.2, 0.25) is 0 Å². The number of hydrogen-bond acceptors (Lipinski definition) is 5. The van der Waals surface area contributed by atoms with Gasteiger partial charge in [0.25, 0.3) is 0 Å². The van der Waals surface area contributed by atoms with Gasteiger partial charge in [0, 0.05) is 0 Å². The van der Waals surface area contributed by atoms with Gasteiger partial charge in [-0.2, -0.15) is 0 Å². The molecule has 0 bridgehead atoms. The molecule has 0 unspecified atom stereocenters. The molecule has 1 aliphatic rings. The summed E-state index contributed by atoms with van der Waals surface area (Å²) >= 11 is 0. The number of alkyl carbamates (subject to hydrolysis) is 1. The predicted molar refractivity (Wildman–Crippen MR) is 72.2 cm³/mol. The number of hydrogen-bond donors (Lipinski definition) is 1. The Morgan fingerprint density at radius 3 is 2.70 bits per heavy atom. The molecular weight excluding hydrogens is 262 g/mol. The second-order valence-electron chi connectivity index (χ2n) is 4.56. The van der Waals surface area contributed by atoms with Gasteiger partial charge < -0.3 is 14.8 Å². The van der Waals surface area contributed by atoms with Crippen molar-refractivity contribution in [1.29, 1.82) is 0 Å². The van der Waals surface area contributed by atoms with E-state index < -0.39 is 17.8 Å². The van der Waals surface area contributed by atoms with Crippen LogP contribution in [0.4, 0.5) is 4.79 Å². The van der Waals surface area contributed by atoms with Gasteiger partial charge in [0.1, 0.15) is 13.0 Å². The van der Waals surface area contributed by atoms with Crippen LogP contribution in [0.3, 0.4) is 0 Å². The van der Waals surface area contributed by atoms with Crippen molar-refractivity contribution in [2.45, 2.75) is 39.0 Å². The highest BCUT2D eigenvalue weighted by Gasteiger charge is 2.12. The summed E-state index contributed by atoms with van der Waals surface area (Å²) in [5, 5.41) is 2.32. The number of esters is 1. The van der Waals surface area contributed by atoms with Crippen LogP contribution in [-0.2, 0) is 19.1 Å². The van der Waals surface area contributed by atoms with Crippen molar-refractivity contribution in [3.63, 3.8) is 0 Å². The van der Waals surface area contributed by atoms with Crippen molar-refractivity contribution >= 4 is 17.8 Å². The third-order valence-corrected chi connectivity index (χ3v) is 2.85. The first-order valence-corrected chi connectivity index (χ1v) is 6.87. The summed E-state index contributed by atoms with van der Waals surface area (Å²) in [6.45, 7) is 1.93. The molecule has 0 radical (unpaired) electrons. The average Bonchev–Trinajstić information content (AvgIpc) is 2.44. The largest absolute Gasteiger partial charge is 0.466 e. The number of amides is 1. The Morgan fingerprint density at radius 1 is 1.25 bits per heavy atom. The first-order chi connectivity index (χ1) is 9.61. The molecule has 0 saturated heterocycles. The van der Waals surface area contributed by atoms with Crippen LogP contribution in [0.1, 0.15) is 39.0 Å². The lowest BCUT2D eigenvalue weighted by molar-refractivity contribution is -0.145. The predicted octanol–water partition coefficient (Wildman–Crippen LogP) is 1.74. The van der Waals surface area contributed by atoms with Crippen LogP contribution in [0.15, 0.2) is 11.6 Å². The van der Waals surface area contributed by atoms with E-state index in [4.69, 9.17) is 4.74 Å². The van der Waals surface area contributed by atoms with Crippen molar-refractivity contribution < 1.29 is 23.9 Å². The number of Topliss-reactive ketones (excluding diaryl/α,β-unsaturated/α-hetero) is 1. The number of rotatable bonds is 7. The molecule has 0 aromatic heterocycles. The molecule has 0 aromatic carbocycles. The number of ketones is 1. The SMILES string of the molecule is CCOC(=O)CC(=O)CNC(=O)OCC1=CCCCC1. The number of ether oxygens (including phenoxy) is 2. The quantitative estimate of drug-likeness (QED) is 0.437. The highest BCUT2D eigenvalue weighted by molar-refractivity contribution is 5.97. The fourth-order valence-electron chi connectivity index (χ4n) is 1.85. The second-order valence-corrected chi connectivity index (χ2v) is 4.56. The zero-order chi connectivity index (χ0) is 14.8. The lowest BCUT2D eigenvalue weighted by Gasteiger charge is -2.13. The molecule has 0 saturated carbocycles. The minimum absolute atomic E-state index is 0.226. The lowest BCUT2D eigenvalue weighted by Crippen LogP contribution is -2.31. The van der Waals surface area contributed by atoms with E-state index in [1.165, 1.54) is 6.42 Å². The van der Waals surface area contributed by atoms with Gasteiger partial charge in [-0.3, -0.25) is 9.59 Å². The Morgan fingerprint density at radius 2 is 2.05 bits per heavy atom. The smallest absolute Gasteiger partial charge is 0.407 e. The zero-order valence-electron chi connectivity index (χ0n) is 11.8. The van der Waals surface area contributed by atoms with E-state index in [-0.39, 0.29) is 26.2 Å². The molecule has 0 fully saturated rings. The second kappa shape index (κ2) is 9.12. The van der Waals surface area contributed by atoms with E-state index >= 15 is 0 Å². The standard InChI is InChI=1S/C14H21NO5/c1-2-19-13(17)8-12(16)9-15-14(18)20-10-11-6-4-3-5-7-11/h6H,2-5,7-10H2,1H3,(H,15,18). The van der Waals surface area contributed by atoms with E-state index in [1.807, 2.05) is 0 Å². The summed E-state index contributed by atoms with van der Waals surface area (Å²) in [4.78, 5) is 33.8. The van der Waals surface area contributed by atoms with Crippen molar-refractivity contribution in [2.24, 2.45) is 0 Å². The summed E-state index contributed by atoms with van der Waals surface area (Å²) in [6.07, 6.45) is 5.39. The number of carbonyl (C=O) groups is 3. The average molecular weight is 283 g/mol. The van der Waals surface area contributed by atoms with Crippen molar-refractivity contribution in [3.05, 3.63) is 11.6 Å². The molecule has 112 valence electrons. The van der Waals surface area contributed by atoms with Crippen molar-refractivity contribution in [2.75, 3.05) is 19.8 Å². The minimum atomic E-state index is -0.645. The maximum Gasteiger partial charge on any atom is 0.407 e. The molecule has 0 aliphatic heterocycles. The van der Waals surface area contributed by atoms with E-state index in [9.17, 15) is 14.4 Å². The van der Waals surface area contributed by atoms with Crippen LogP contribution >= 0.6 is 0 Å². The Hall–Kier alpha value is -1.85. The van der Waals surface area contributed by atoms with E-state index in [1.54, 1.807) is 6.92 Å². The summed E-state index contributed by atoms with van der Waals surface area (Å²) in [6, 6.07) is 0. The van der Waals surface area contributed by atoms with Gasteiger partial charge in [0.2, 0.25) is 0 Å². The molecule has 6 heteroatoms. The summed E-state index contributed by atoms with van der Waals surface area (Å²) in [5.74, 6) is -0.989. The molecule has 1 N–H and O–H groups in total. The molecule has 0 heterocycles. The fraction of sp³-hybridized carbons (Fsp3) is 0.643. The fourth-order valence-corrected chi connectivity index (χ4v) is 1.85. The van der Waals surface area contributed by atoms with Gasteiger partial charge in [0.15, 0.2) is 5.78 Å². The maximum absolute atomic E-state index is 11.4. The Labute approximate surface area is 118 Å². The Bertz CT molecular complexity index is 389. The normalized spacial score (nSPS) is 14.2.